The second-order valence-corrected chi connectivity index (χ2v) is 6.98. The van der Waals surface area contributed by atoms with E-state index in [1.165, 1.54) is 12.1 Å². The Morgan fingerprint density at radius 1 is 1.33 bits per heavy atom. The van der Waals surface area contributed by atoms with E-state index in [4.69, 9.17) is 11.6 Å². The van der Waals surface area contributed by atoms with E-state index in [1.54, 1.807) is 6.92 Å². The van der Waals surface area contributed by atoms with Crippen LogP contribution in [0.3, 0.4) is 0 Å². The number of halogens is 1. The predicted molar refractivity (Wildman–Crippen MR) is 82.0 cm³/mol. The molecule has 6 nitrogen and oxygen atoms in total. The van der Waals surface area contributed by atoms with Crippen molar-refractivity contribution in [1.29, 1.82) is 0 Å². The molecule has 0 bridgehead atoms. The standard InChI is InChI=1S/C13H19ClN2O4S/c1-4-10(5-2)9(3)15-21(19,20)11-6-7-12(14)13(8-11)16(17)18/h6-10,15H,4-5H2,1-3H3. The van der Waals surface area contributed by atoms with Crippen LogP contribution in [0.1, 0.15) is 33.6 Å². The van der Waals surface area contributed by atoms with Gasteiger partial charge in [0.1, 0.15) is 5.02 Å². The zero-order valence-corrected chi connectivity index (χ0v) is 13.7. The van der Waals surface area contributed by atoms with Gasteiger partial charge in [-0.3, -0.25) is 10.1 Å². The van der Waals surface area contributed by atoms with Crippen LogP contribution in [0.25, 0.3) is 0 Å². The fourth-order valence-electron chi connectivity index (χ4n) is 2.20. The van der Waals surface area contributed by atoms with E-state index in [0.717, 1.165) is 18.9 Å². The summed E-state index contributed by atoms with van der Waals surface area (Å²) in [6, 6.07) is 3.21. The molecule has 8 heteroatoms. The van der Waals surface area contributed by atoms with Crippen LogP contribution < -0.4 is 4.72 Å². The number of nitrogens with zero attached hydrogens (tertiary/aromatic N) is 1. The molecule has 1 rings (SSSR count). The van der Waals surface area contributed by atoms with E-state index in [2.05, 4.69) is 4.72 Å². The third-order valence-corrected chi connectivity index (χ3v) is 5.40. The Balaban J connectivity index is 3.09. The summed E-state index contributed by atoms with van der Waals surface area (Å²) in [4.78, 5) is 9.97. The molecule has 0 spiro atoms. The topological polar surface area (TPSA) is 89.3 Å². The van der Waals surface area contributed by atoms with Gasteiger partial charge in [-0.1, -0.05) is 38.3 Å². The van der Waals surface area contributed by atoms with Crippen LogP contribution in [-0.2, 0) is 10.0 Å². The first kappa shape index (κ1) is 17.9. The summed E-state index contributed by atoms with van der Waals surface area (Å²) in [6.07, 6.45) is 1.70. The van der Waals surface area contributed by atoms with Crippen molar-refractivity contribution in [1.82, 2.24) is 4.72 Å². The number of rotatable bonds is 7. The molecule has 1 aromatic carbocycles. The zero-order valence-electron chi connectivity index (χ0n) is 12.2. The Bertz CT molecular complexity index is 615. The molecule has 0 aliphatic carbocycles. The van der Waals surface area contributed by atoms with E-state index < -0.39 is 20.6 Å². The highest BCUT2D eigenvalue weighted by Crippen LogP contribution is 2.27. The minimum Gasteiger partial charge on any atom is -0.258 e. The molecule has 1 unspecified atom stereocenters. The van der Waals surface area contributed by atoms with Gasteiger partial charge in [-0.2, -0.15) is 0 Å². The van der Waals surface area contributed by atoms with Gasteiger partial charge in [0.05, 0.1) is 9.82 Å². The zero-order chi connectivity index (χ0) is 16.2. The van der Waals surface area contributed by atoms with Crippen LogP contribution in [0, 0.1) is 16.0 Å². The fourth-order valence-corrected chi connectivity index (χ4v) is 3.72. The first-order valence-electron chi connectivity index (χ1n) is 6.69. The van der Waals surface area contributed by atoms with Crippen molar-refractivity contribution in [2.45, 2.75) is 44.6 Å². The molecular weight excluding hydrogens is 316 g/mol. The molecule has 0 aliphatic heterocycles. The smallest absolute Gasteiger partial charge is 0.258 e. The lowest BCUT2D eigenvalue weighted by Gasteiger charge is -2.22. The van der Waals surface area contributed by atoms with Gasteiger partial charge in [0.15, 0.2) is 0 Å². The van der Waals surface area contributed by atoms with E-state index in [0.29, 0.717) is 0 Å². The largest absolute Gasteiger partial charge is 0.289 e. The Kier molecular flexibility index (Phi) is 6.12. The Hall–Kier alpha value is -1.18. The normalized spacial score (nSPS) is 13.4. The molecule has 0 heterocycles. The Morgan fingerprint density at radius 3 is 2.38 bits per heavy atom. The lowest BCUT2D eigenvalue weighted by Crippen LogP contribution is -2.37. The molecule has 118 valence electrons. The molecule has 0 saturated heterocycles. The average Bonchev–Trinajstić information content (AvgIpc) is 2.39. The van der Waals surface area contributed by atoms with Crippen LogP contribution in [0.2, 0.25) is 5.02 Å². The fraction of sp³-hybridized carbons (Fsp3) is 0.538. The summed E-state index contributed by atoms with van der Waals surface area (Å²) in [6.45, 7) is 5.78. The van der Waals surface area contributed by atoms with E-state index >= 15 is 0 Å². The van der Waals surface area contributed by atoms with Crippen molar-refractivity contribution in [3.05, 3.63) is 33.3 Å². The highest BCUT2D eigenvalue weighted by molar-refractivity contribution is 7.89. The first-order chi connectivity index (χ1) is 9.72. The van der Waals surface area contributed by atoms with E-state index in [9.17, 15) is 18.5 Å². The average molecular weight is 335 g/mol. The third kappa shape index (κ3) is 4.39. The van der Waals surface area contributed by atoms with Crippen LogP contribution in [0.4, 0.5) is 5.69 Å². The van der Waals surface area contributed by atoms with Gasteiger partial charge in [0, 0.05) is 12.1 Å². The number of benzene rings is 1. The molecule has 0 aromatic heterocycles. The van der Waals surface area contributed by atoms with Crippen molar-refractivity contribution in [2.75, 3.05) is 0 Å². The highest BCUT2D eigenvalue weighted by atomic mass is 35.5. The maximum Gasteiger partial charge on any atom is 0.289 e. The van der Waals surface area contributed by atoms with Gasteiger partial charge in [0.2, 0.25) is 10.0 Å². The predicted octanol–water partition coefficient (Wildman–Crippen LogP) is 3.35. The first-order valence-corrected chi connectivity index (χ1v) is 8.55. The van der Waals surface area contributed by atoms with Gasteiger partial charge in [-0.25, -0.2) is 13.1 Å². The lowest BCUT2D eigenvalue weighted by atomic mass is 9.96. The van der Waals surface area contributed by atoms with Gasteiger partial charge >= 0.3 is 0 Å². The molecule has 0 radical (unpaired) electrons. The molecule has 0 saturated carbocycles. The number of nitro groups is 1. The summed E-state index contributed by atoms with van der Waals surface area (Å²) >= 11 is 5.69. The van der Waals surface area contributed by atoms with Crippen LogP contribution in [0.5, 0.6) is 0 Å². The second-order valence-electron chi connectivity index (χ2n) is 4.86. The molecule has 21 heavy (non-hydrogen) atoms. The summed E-state index contributed by atoms with van der Waals surface area (Å²) < 4.78 is 27.1. The van der Waals surface area contributed by atoms with E-state index in [1.807, 2.05) is 13.8 Å². The maximum absolute atomic E-state index is 12.3. The second kappa shape index (κ2) is 7.20. The maximum atomic E-state index is 12.3. The molecule has 1 N–H and O–H groups in total. The summed E-state index contributed by atoms with van der Waals surface area (Å²) in [7, 11) is -3.81. The van der Waals surface area contributed by atoms with Crippen molar-refractivity contribution < 1.29 is 13.3 Å². The van der Waals surface area contributed by atoms with Crippen LogP contribution in [-0.4, -0.2) is 19.4 Å². The minimum atomic E-state index is -3.81. The molecule has 1 atom stereocenters. The Labute approximate surface area is 129 Å². The highest BCUT2D eigenvalue weighted by Gasteiger charge is 2.24. The number of nitrogens with one attached hydrogen (secondary N) is 1. The van der Waals surface area contributed by atoms with E-state index in [-0.39, 0.29) is 21.9 Å². The van der Waals surface area contributed by atoms with Crippen molar-refractivity contribution in [2.24, 2.45) is 5.92 Å². The third-order valence-electron chi connectivity index (χ3n) is 3.52. The lowest BCUT2D eigenvalue weighted by molar-refractivity contribution is -0.384. The van der Waals surface area contributed by atoms with Crippen LogP contribution >= 0.6 is 11.6 Å². The minimum absolute atomic E-state index is 0.0907. The van der Waals surface area contributed by atoms with Crippen molar-refractivity contribution in [3.63, 3.8) is 0 Å². The number of nitro benzene ring substituents is 1. The van der Waals surface area contributed by atoms with Crippen LogP contribution in [0.15, 0.2) is 23.1 Å². The Morgan fingerprint density at radius 2 is 1.90 bits per heavy atom. The number of hydrogen-bond acceptors (Lipinski definition) is 4. The quantitative estimate of drug-likeness (QED) is 0.611. The van der Waals surface area contributed by atoms with Gasteiger partial charge in [0.25, 0.3) is 5.69 Å². The summed E-state index contributed by atoms with van der Waals surface area (Å²) in [5.74, 6) is 0.210. The molecular formula is C13H19ClN2O4S. The monoisotopic (exact) mass is 334 g/mol. The van der Waals surface area contributed by atoms with Gasteiger partial charge in [-0.05, 0) is 25.0 Å². The molecule has 1 aromatic rings. The summed E-state index contributed by atoms with van der Waals surface area (Å²) in [5.41, 5.74) is -0.422. The molecule has 0 aliphatic rings. The number of sulfonamides is 1. The summed E-state index contributed by atoms with van der Waals surface area (Å²) in [5, 5.41) is 10.7. The molecule has 0 amide bonds. The van der Waals surface area contributed by atoms with Gasteiger partial charge in [-0.15, -0.1) is 0 Å². The SMILES string of the molecule is CCC(CC)C(C)NS(=O)(=O)c1ccc(Cl)c([N+](=O)[O-])c1. The molecule has 0 fully saturated rings. The number of hydrogen-bond donors (Lipinski definition) is 1. The van der Waals surface area contributed by atoms with Crippen molar-refractivity contribution >= 4 is 27.3 Å². The van der Waals surface area contributed by atoms with Gasteiger partial charge < -0.3 is 0 Å². The van der Waals surface area contributed by atoms with Crippen molar-refractivity contribution in [3.8, 4) is 0 Å².